The molecular formula is C21H24N4O5. The molecule has 0 saturated heterocycles. The molecule has 2 amide bonds. The van der Waals surface area contributed by atoms with Gasteiger partial charge < -0.3 is 15.4 Å². The van der Waals surface area contributed by atoms with E-state index in [1.165, 1.54) is 16.8 Å². The lowest BCUT2D eigenvalue weighted by Gasteiger charge is -2.09. The Morgan fingerprint density at radius 2 is 2.00 bits per heavy atom. The number of aromatic nitrogens is 2. The zero-order chi connectivity index (χ0) is 21.5. The summed E-state index contributed by atoms with van der Waals surface area (Å²) < 4.78 is 6.20. The summed E-state index contributed by atoms with van der Waals surface area (Å²) in [5.74, 6) is -1.54. The number of benzene rings is 1. The fraction of sp³-hybridized carbons (Fsp3) is 0.381. The third-order valence-electron chi connectivity index (χ3n) is 4.45. The summed E-state index contributed by atoms with van der Waals surface area (Å²) in [7, 11) is 0. The van der Waals surface area contributed by atoms with Crippen molar-refractivity contribution in [2.75, 3.05) is 11.9 Å². The van der Waals surface area contributed by atoms with Gasteiger partial charge in [-0.05, 0) is 43.5 Å². The van der Waals surface area contributed by atoms with Gasteiger partial charge in [0.15, 0.2) is 12.3 Å². The minimum absolute atomic E-state index is 0.0442. The summed E-state index contributed by atoms with van der Waals surface area (Å²) in [5, 5.41) is 9.45. The van der Waals surface area contributed by atoms with E-state index >= 15 is 0 Å². The number of carbonyl (C=O) groups is 3. The van der Waals surface area contributed by atoms with Gasteiger partial charge in [0.1, 0.15) is 0 Å². The number of unbranched alkanes of at least 4 members (excludes halogenated alkanes) is 1. The van der Waals surface area contributed by atoms with Crippen molar-refractivity contribution in [1.82, 2.24) is 15.1 Å². The summed E-state index contributed by atoms with van der Waals surface area (Å²) in [5.41, 5.74) is 0.515. The smallest absolute Gasteiger partial charge is 0.359 e. The van der Waals surface area contributed by atoms with Crippen LogP contribution in [0, 0.1) is 0 Å². The first kappa shape index (κ1) is 21.2. The molecule has 1 saturated carbocycles. The molecule has 2 N–H and O–H groups in total. The molecule has 1 aromatic heterocycles. The third kappa shape index (κ3) is 6.00. The molecule has 0 radical (unpaired) electrons. The summed E-state index contributed by atoms with van der Waals surface area (Å²) >= 11 is 0. The first-order valence-electron chi connectivity index (χ1n) is 9.92. The highest BCUT2D eigenvalue weighted by molar-refractivity contribution is 5.98. The van der Waals surface area contributed by atoms with Crippen LogP contribution in [0.5, 0.6) is 0 Å². The Morgan fingerprint density at radius 3 is 2.73 bits per heavy atom. The Hall–Kier alpha value is -3.49. The lowest BCUT2D eigenvalue weighted by molar-refractivity contribution is -0.119. The summed E-state index contributed by atoms with van der Waals surface area (Å²) in [6, 6.07) is 9.27. The number of carbonyl (C=O) groups excluding carboxylic acids is 3. The quantitative estimate of drug-likeness (QED) is 0.606. The molecule has 0 atom stereocenters. The third-order valence-corrected chi connectivity index (χ3v) is 4.45. The number of anilines is 1. The van der Waals surface area contributed by atoms with Crippen LogP contribution in [0.1, 0.15) is 53.5 Å². The van der Waals surface area contributed by atoms with Gasteiger partial charge in [-0.3, -0.25) is 14.4 Å². The molecule has 0 unspecified atom stereocenters. The predicted octanol–water partition coefficient (Wildman–Crippen LogP) is 1.73. The van der Waals surface area contributed by atoms with E-state index in [0.29, 0.717) is 17.8 Å². The summed E-state index contributed by atoms with van der Waals surface area (Å²) in [4.78, 5) is 48.1. The Morgan fingerprint density at radius 1 is 1.20 bits per heavy atom. The molecule has 0 aliphatic heterocycles. The van der Waals surface area contributed by atoms with Gasteiger partial charge in [0, 0.05) is 29.9 Å². The first-order chi connectivity index (χ1) is 14.5. The Kier molecular flexibility index (Phi) is 6.95. The largest absolute Gasteiger partial charge is 0.451 e. The second-order valence-corrected chi connectivity index (χ2v) is 7.09. The maximum absolute atomic E-state index is 12.2. The minimum atomic E-state index is -0.798. The normalized spacial score (nSPS) is 12.8. The number of amides is 2. The number of nitrogens with zero attached hydrogens (tertiary/aromatic N) is 2. The zero-order valence-corrected chi connectivity index (χ0v) is 16.7. The number of hydrogen-bond donors (Lipinski definition) is 2. The molecule has 1 aliphatic rings. The average Bonchev–Trinajstić information content (AvgIpc) is 3.55. The van der Waals surface area contributed by atoms with E-state index in [0.717, 1.165) is 25.7 Å². The van der Waals surface area contributed by atoms with E-state index in [4.69, 9.17) is 4.74 Å². The molecule has 1 aromatic carbocycles. The van der Waals surface area contributed by atoms with Crippen LogP contribution < -0.4 is 16.2 Å². The number of hydrogen-bond acceptors (Lipinski definition) is 6. The lowest BCUT2D eigenvalue weighted by atomic mass is 10.2. The van der Waals surface area contributed by atoms with Crippen LogP contribution in [-0.4, -0.2) is 40.2 Å². The highest BCUT2D eigenvalue weighted by atomic mass is 16.5. The van der Waals surface area contributed by atoms with Crippen molar-refractivity contribution in [3.8, 4) is 0 Å². The standard InChI is InChI=1S/C21H24N4O5/c1-2-3-11-25-19(27)10-9-17(24-25)21(29)30-13-18(26)22-16-6-4-5-14(12-16)20(28)23-15-7-8-15/h4-6,9-10,12,15H,2-3,7-8,11,13H2,1H3,(H,22,26)(H,23,28). The predicted molar refractivity (Wildman–Crippen MR) is 109 cm³/mol. The van der Waals surface area contributed by atoms with Crippen molar-refractivity contribution < 1.29 is 19.1 Å². The lowest BCUT2D eigenvalue weighted by Crippen LogP contribution is -2.27. The number of rotatable bonds is 9. The summed E-state index contributed by atoms with van der Waals surface area (Å²) in [6.07, 6.45) is 3.61. The van der Waals surface area contributed by atoms with Gasteiger partial charge in [0.2, 0.25) is 0 Å². The maximum atomic E-state index is 12.2. The van der Waals surface area contributed by atoms with Crippen molar-refractivity contribution in [2.24, 2.45) is 0 Å². The van der Waals surface area contributed by atoms with Crippen LogP contribution in [0.2, 0.25) is 0 Å². The fourth-order valence-electron chi connectivity index (χ4n) is 2.66. The van der Waals surface area contributed by atoms with Crippen molar-refractivity contribution in [2.45, 2.75) is 45.2 Å². The van der Waals surface area contributed by atoms with Crippen molar-refractivity contribution >= 4 is 23.5 Å². The molecule has 0 bridgehead atoms. The van der Waals surface area contributed by atoms with Gasteiger partial charge in [-0.2, -0.15) is 5.10 Å². The van der Waals surface area contributed by atoms with Crippen LogP contribution >= 0.6 is 0 Å². The highest BCUT2D eigenvalue weighted by Crippen LogP contribution is 2.20. The first-order valence-corrected chi connectivity index (χ1v) is 9.92. The number of esters is 1. The minimum Gasteiger partial charge on any atom is -0.451 e. The average molecular weight is 412 g/mol. The number of aryl methyl sites for hydroxylation is 1. The number of nitrogens with one attached hydrogen (secondary N) is 2. The second-order valence-electron chi connectivity index (χ2n) is 7.09. The topological polar surface area (TPSA) is 119 Å². The molecule has 2 aromatic rings. The van der Waals surface area contributed by atoms with E-state index in [1.807, 2.05) is 6.92 Å². The van der Waals surface area contributed by atoms with E-state index in [-0.39, 0.29) is 23.2 Å². The Bertz CT molecular complexity index is 997. The Labute approximate surface area is 173 Å². The molecule has 1 aliphatic carbocycles. The molecule has 30 heavy (non-hydrogen) atoms. The molecule has 9 heteroatoms. The number of ether oxygens (including phenoxy) is 1. The van der Waals surface area contributed by atoms with Crippen LogP contribution in [0.4, 0.5) is 5.69 Å². The van der Waals surface area contributed by atoms with E-state index in [2.05, 4.69) is 15.7 Å². The van der Waals surface area contributed by atoms with E-state index < -0.39 is 18.5 Å². The maximum Gasteiger partial charge on any atom is 0.359 e. The van der Waals surface area contributed by atoms with Crippen LogP contribution in [-0.2, 0) is 16.1 Å². The van der Waals surface area contributed by atoms with E-state index in [1.54, 1.807) is 24.3 Å². The zero-order valence-electron chi connectivity index (χ0n) is 16.7. The van der Waals surface area contributed by atoms with Gasteiger partial charge >= 0.3 is 5.97 Å². The van der Waals surface area contributed by atoms with Crippen molar-refractivity contribution in [3.05, 3.63) is 58.0 Å². The molecule has 1 fully saturated rings. The van der Waals surface area contributed by atoms with Gasteiger partial charge in [0.05, 0.1) is 0 Å². The fourth-order valence-corrected chi connectivity index (χ4v) is 2.66. The SMILES string of the molecule is CCCCn1nc(C(=O)OCC(=O)Nc2cccc(C(=O)NC3CC3)c2)ccc1=O. The molecule has 0 spiro atoms. The van der Waals surface area contributed by atoms with Crippen molar-refractivity contribution in [1.29, 1.82) is 0 Å². The Balaban J connectivity index is 1.53. The molecule has 9 nitrogen and oxygen atoms in total. The van der Waals surface area contributed by atoms with Crippen molar-refractivity contribution in [3.63, 3.8) is 0 Å². The van der Waals surface area contributed by atoms with E-state index in [9.17, 15) is 19.2 Å². The monoisotopic (exact) mass is 412 g/mol. The molecule has 1 heterocycles. The van der Waals surface area contributed by atoms with Gasteiger partial charge in [-0.1, -0.05) is 19.4 Å². The molecule has 158 valence electrons. The van der Waals surface area contributed by atoms with Gasteiger partial charge in [-0.15, -0.1) is 0 Å². The van der Waals surface area contributed by atoms with Gasteiger partial charge in [-0.25, -0.2) is 9.48 Å². The van der Waals surface area contributed by atoms with Gasteiger partial charge in [0.25, 0.3) is 17.4 Å². The molecular weight excluding hydrogens is 388 g/mol. The molecule has 3 rings (SSSR count). The van der Waals surface area contributed by atoms with Crippen LogP contribution in [0.25, 0.3) is 0 Å². The summed E-state index contributed by atoms with van der Waals surface area (Å²) in [6.45, 7) is 1.87. The van der Waals surface area contributed by atoms with Crippen LogP contribution in [0.15, 0.2) is 41.2 Å². The highest BCUT2D eigenvalue weighted by Gasteiger charge is 2.23. The van der Waals surface area contributed by atoms with Crippen LogP contribution in [0.3, 0.4) is 0 Å². The second kappa shape index (κ2) is 9.82.